The van der Waals surface area contributed by atoms with Crippen molar-refractivity contribution in [2.24, 2.45) is 26.4 Å². The maximum absolute atomic E-state index is 10.7. The van der Waals surface area contributed by atoms with E-state index in [0.29, 0.717) is 5.84 Å². The molecule has 2 aliphatic rings. The van der Waals surface area contributed by atoms with Crippen LogP contribution in [0.1, 0.15) is 0 Å². The Morgan fingerprint density at radius 2 is 1.78 bits per heavy atom. The molecule has 0 saturated heterocycles. The van der Waals surface area contributed by atoms with E-state index in [0.717, 1.165) is 0 Å². The average molecular weight is 282 g/mol. The normalized spacial score (nSPS) is 21.2. The Morgan fingerprint density at radius 1 is 1.28 bits per heavy atom. The molecule has 0 aromatic carbocycles. The minimum absolute atomic E-state index is 0. The highest BCUT2D eigenvalue weighted by molar-refractivity contribution is 7.79. The number of hydrogen-bond donors (Lipinski definition) is 5. The quantitative estimate of drug-likeness (QED) is 0.284. The molecule has 0 radical (unpaired) electrons. The van der Waals surface area contributed by atoms with Gasteiger partial charge in [0.05, 0.1) is 0 Å². The Kier molecular flexibility index (Phi) is 5.00. The Bertz CT molecular complexity index is 527. The first kappa shape index (κ1) is 16.1. The highest BCUT2D eigenvalue weighted by Gasteiger charge is 2.27. The van der Waals surface area contributed by atoms with Crippen molar-refractivity contribution in [1.29, 1.82) is 0 Å². The molecular formula is C5H10N6O6S. The van der Waals surface area contributed by atoms with Crippen LogP contribution < -0.4 is 16.8 Å². The summed E-state index contributed by atoms with van der Waals surface area (Å²) >= 11 is 0. The van der Waals surface area contributed by atoms with Crippen LogP contribution in [0.15, 0.2) is 15.0 Å². The van der Waals surface area contributed by atoms with E-state index in [1.165, 1.54) is 0 Å². The lowest BCUT2D eigenvalue weighted by molar-refractivity contribution is 0.254. The summed E-state index contributed by atoms with van der Waals surface area (Å²) < 4.78 is 31.6. The molecule has 9 N–H and O–H groups in total. The number of fused-ring (bicyclic) bond motifs is 1. The smallest absolute Gasteiger partial charge is 0.394 e. The maximum Gasteiger partial charge on any atom is 0.394 e. The van der Waals surface area contributed by atoms with Crippen LogP contribution in [-0.2, 0) is 10.4 Å². The van der Waals surface area contributed by atoms with Crippen LogP contribution in [0.2, 0.25) is 0 Å². The number of hydrogen-bond acceptors (Lipinski definition) is 7. The second kappa shape index (κ2) is 5.61. The Hall–Kier alpha value is -1.93. The highest BCUT2D eigenvalue weighted by atomic mass is 32.3. The average Bonchev–Trinajstić information content (AvgIpc) is 2.42. The topological polar surface area (TPSA) is 224 Å². The number of aliphatic imine (C=N–C) groups is 3. The molecule has 1 atom stereocenters. The second-order valence-electron chi connectivity index (χ2n) is 2.74. The summed E-state index contributed by atoms with van der Waals surface area (Å²) in [6, 6.07) is -0.490. The van der Waals surface area contributed by atoms with Gasteiger partial charge in [-0.3, -0.25) is 20.2 Å². The highest BCUT2D eigenvalue weighted by Crippen LogP contribution is 2.02. The molecule has 2 rings (SSSR count). The molecule has 0 aromatic rings. The molecule has 0 fully saturated rings. The van der Waals surface area contributed by atoms with E-state index in [1.807, 2.05) is 0 Å². The minimum Gasteiger partial charge on any atom is -0.412 e. The van der Waals surface area contributed by atoms with Gasteiger partial charge in [-0.1, -0.05) is 0 Å². The fourth-order valence-electron chi connectivity index (χ4n) is 0.980. The number of amidine groups is 2. The summed E-state index contributed by atoms with van der Waals surface area (Å²) in [6.45, 7) is 0. The first-order valence-corrected chi connectivity index (χ1v) is 5.33. The van der Waals surface area contributed by atoms with Crippen LogP contribution in [0, 0.1) is 0 Å². The van der Waals surface area contributed by atoms with Crippen LogP contribution in [-0.4, -0.2) is 52.7 Å². The van der Waals surface area contributed by atoms with Gasteiger partial charge >= 0.3 is 16.4 Å². The third-order valence-corrected chi connectivity index (χ3v) is 1.44. The van der Waals surface area contributed by atoms with Crippen LogP contribution in [0.3, 0.4) is 0 Å². The number of urea groups is 1. The van der Waals surface area contributed by atoms with Gasteiger partial charge in [-0.25, -0.2) is 14.8 Å². The number of rotatable bonds is 0. The summed E-state index contributed by atoms with van der Waals surface area (Å²) in [4.78, 5) is 21.8. The van der Waals surface area contributed by atoms with Gasteiger partial charge in [-0.05, 0) is 0 Å². The number of carbonyl (C=O) groups excluding carboxylic acids is 1. The summed E-state index contributed by atoms with van der Waals surface area (Å²) in [5, 5.41) is 2.38. The molecular weight excluding hydrogens is 272 g/mol. The van der Waals surface area contributed by atoms with E-state index in [2.05, 4.69) is 20.3 Å². The van der Waals surface area contributed by atoms with Crippen LogP contribution in [0.25, 0.3) is 0 Å². The van der Waals surface area contributed by atoms with Crippen LogP contribution in [0.4, 0.5) is 4.79 Å². The molecule has 13 heteroatoms. The van der Waals surface area contributed by atoms with Crippen molar-refractivity contribution in [3.8, 4) is 0 Å². The number of nitrogens with two attached hydrogens (primary N) is 2. The Balaban J connectivity index is 0.000000421. The summed E-state index contributed by atoms with van der Waals surface area (Å²) in [5.74, 6) is 0.450. The number of nitrogens with zero attached hydrogens (tertiary/aromatic N) is 3. The lowest BCUT2D eigenvalue weighted by atomic mass is 10.3. The summed E-state index contributed by atoms with van der Waals surface area (Å²) in [5.41, 5.74) is 11.1. The fraction of sp³-hybridized carbons (Fsp3) is 0.200. The SMILES string of the molecule is NC1=NC(N)N=C2NC(=O)N=C12.O.O=S(=O)(O)O. The van der Waals surface area contributed by atoms with Crippen molar-refractivity contribution in [3.63, 3.8) is 0 Å². The van der Waals surface area contributed by atoms with Gasteiger partial charge in [-0.2, -0.15) is 13.4 Å². The molecule has 0 spiro atoms. The standard InChI is InChI=1S/C5H6N6O.H2O4S.H2O/c6-2-1-3(10-4(7)9-2)11-5(12)8-1;1-5(2,3)4;/h4H,7H2,(H2,6,9)(H,10,11,12);(H2,1,2,3,4);1H2. The zero-order valence-electron chi connectivity index (χ0n) is 8.60. The Morgan fingerprint density at radius 3 is 2.28 bits per heavy atom. The van der Waals surface area contributed by atoms with Crippen LogP contribution in [0.5, 0.6) is 0 Å². The van der Waals surface area contributed by atoms with E-state index < -0.39 is 22.7 Å². The lowest BCUT2D eigenvalue weighted by Crippen LogP contribution is -2.41. The van der Waals surface area contributed by atoms with E-state index in [4.69, 9.17) is 29.0 Å². The van der Waals surface area contributed by atoms with Gasteiger partial charge in [-0.15, -0.1) is 0 Å². The van der Waals surface area contributed by atoms with Gasteiger partial charge in [0, 0.05) is 0 Å². The molecule has 0 saturated carbocycles. The molecule has 2 amide bonds. The number of nitrogens with one attached hydrogen (secondary N) is 1. The molecule has 12 nitrogen and oxygen atoms in total. The van der Waals surface area contributed by atoms with Gasteiger partial charge in [0.15, 0.2) is 23.7 Å². The van der Waals surface area contributed by atoms with Crippen molar-refractivity contribution in [2.45, 2.75) is 6.29 Å². The van der Waals surface area contributed by atoms with E-state index >= 15 is 0 Å². The van der Waals surface area contributed by atoms with Crippen molar-refractivity contribution in [3.05, 3.63) is 0 Å². The molecule has 18 heavy (non-hydrogen) atoms. The van der Waals surface area contributed by atoms with Crippen LogP contribution >= 0.6 is 0 Å². The van der Waals surface area contributed by atoms with Gasteiger partial charge < -0.3 is 11.2 Å². The predicted molar refractivity (Wildman–Crippen MR) is 60.8 cm³/mol. The summed E-state index contributed by atoms with van der Waals surface area (Å²) in [7, 11) is -4.67. The zero-order valence-corrected chi connectivity index (χ0v) is 9.42. The number of carbonyl (C=O) groups is 1. The van der Waals surface area contributed by atoms with E-state index in [9.17, 15) is 4.79 Å². The monoisotopic (exact) mass is 282 g/mol. The first-order valence-electron chi connectivity index (χ1n) is 3.94. The van der Waals surface area contributed by atoms with Crippen molar-refractivity contribution in [1.82, 2.24) is 5.32 Å². The zero-order chi connectivity index (χ0) is 13.2. The predicted octanol–water partition coefficient (Wildman–Crippen LogP) is -3.32. The molecule has 0 bridgehead atoms. The lowest BCUT2D eigenvalue weighted by Gasteiger charge is -2.10. The molecule has 2 aliphatic heterocycles. The number of amides is 2. The Labute approximate surface area is 100 Å². The van der Waals surface area contributed by atoms with E-state index in [1.54, 1.807) is 0 Å². The molecule has 1 unspecified atom stereocenters. The third kappa shape index (κ3) is 4.93. The van der Waals surface area contributed by atoms with Gasteiger partial charge in [0.2, 0.25) is 0 Å². The summed E-state index contributed by atoms with van der Waals surface area (Å²) in [6.07, 6.45) is -0.739. The third-order valence-electron chi connectivity index (χ3n) is 1.44. The van der Waals surface area contributed by atoms with Crippen molar-refractivity contribution >= 4 is 33.8 Å². The minimum atomic E-state index is -4.67. The molecule has 0 aromatic heterocycles. The second-order valence-corrected chi connectivity index (χ2v) is 3.64. The van der Waals surface area contributed by atoms with Crippen molar-refractivity contribution < 1.29 is 27.8 Å². The molecule has 102 valence electrons. The fourth-order valence-corrected chi connectivity index (χ4v) is 0.980. The first-order chi connectivity index (χ1) is 7.66. The van der Waals surface area contributed by atoms with Gasteiger partial charge in [0.1, 0.15) is 0 Å². The van der Waals surface area contributed by atoms with Gasteiger partial charge in [0.25, 0.3) is 0 Å². The molecule has 0 aliphatic carbocycles. The molecule has 2 heterocycles. The van der Waals surface area contributed by atoms with E-state index in [-0.39, 0.29) is 17.0 Å². The largest absolute Gasteiger partial charge is 0.412 e. The van der Waals surface area contributed by atoms with Crippen molar-refractivity contribution in [2.75, 3.05) is 0 Å². The maximum atomic E-state index is 10.7.